The van der Waals surface area contributed by atoms with Crippen molar-refractivity contribution in [2.24, 2.45) is 0 Å². The summed E-state index contributed by atoms with van der Waals surface area (Å²) in [5.41, 5.74) is 1.99. The highest BCUT2D eigenvalue weighted by atomic mass is 15.2. The van der Waals surface area contributed by atoms with Gasteiger partial charge in [-0.15, -0.1) is 0 Å². The monoisotopic (exact) mass is 299 g/mol. The number of piperidine rings is 1. The average molecular weight is 299 g/mol. The van der Waals surface area contributed by atoms with E-state index in [4.69, 9.17) is 4.98 Å². The summed E-state index contributed by atoms with van der Waals surface area (Å²) in [6, 6.07) is 0.452. The summed E-state index contributed by atoms with van der Waals surface area (Å²) in [6.45, 7) is 10.5. The van der Waals surface area contributed by atoms with Crippen molar-refractivity contribution in [3.05, 3.63) is 35.8 Å². The minimum atomic E-state index is 0.452. The van der Waals surface area contributed by atoms with Crippen molar-refractivity contribution in [3.8, 4) is 0 Å². The van der Waals surface area contributed by atoms with Crippen LogP contribution in [0, 0.1) is 13.8 Å². The number of hydrogen-bond donors (Lipinski definition) is 0. The van der Waals surface area contributed by atoms with Gasteiger partial charge in [0.15, 0.2) is 0 Å². The van der Waals surface area contributed by atoms with Crippen molar-refractivity contribution in [2.75, 3.05) is 18.0 Å². The zero-order valence-electron chi connectivity index (χ0n) is 14.0. The normalized spacial score (nSPS) is 19.0. The van der Waals surface area contributed by atoms with Crippen LogP contribution in [0.2, 0.25) is 0 Å². The fourth-order valence-electron chi connectivity index (χ4n) is 3.28. The van der Waals surface area contributed by atoms with E-state index in [2.05, 4.69) is 39.5 Å². The van der Waals surface area contributed by atoms with Crippen molar-refractivity contribution in [3.63, 3.8) is 0 Å². The molecule has 1 saturated heterocycles. The predicted molar refractivity (Wildman–Crippen MR) is 88.3 cm³/mol. The van der Waals surface area contributed by atoms with Crippen molar-refractivity contribution >= 4 is 5.82 Å². The molecule has 0 amide bonds. The molecule has 0 aromatic carbocycles. The van der Waals surface area contributed by atoms with Crippen molar-refractivity contribution in [1.82, 2.24) is 19.5 Å². The second-order valence-electron chi connectivity index (χ2n) is 6.49. The maximum absolute atomic E-state index is 4.71. The molecule has 2 aromatic rings. The number of anilines is 1. The lowest BCUT2D eigenvalue weighted by molar-refractivity contribution is 0.452. The van der Waals surface area contributed by atoms with Crippen LogP contribution in [-0.4, -0.2) is 32.6 Å². The van der Waals surface area contributed by atoms with E-state index in [1.54, 1.807) is 0 Å². The molecule has 3 heterocycles. The van der Waals surface area contributed by atoms with Crippen LogP contribution < -0.4 is 4.90 Å². The molecule has 0 unspecified atom stereocenters. The first kappa shape index (κ1) is 15.0. The van der Waals surface area contributed by atoms with Gasteiger partial charge in [0.05, 0.1) is 11.4 Å². The van der Waals surface area contributed by atoms with Gasteiger partial charge in [-0.1, -0.05) is 0 Å². The number of nitrogens with zero attached hydrogens (tertiary/aromatic N) is 5. The molecule has 5 nitrogen and oxygen atoms in total. The van der Waals surface area contributed by atoms with Crippen LogP contribution in [0.4, 0.5) is 5.82 Å². The third-order valence-electron chi connectivity index (χ3n) is 4.39. The topological polar surface area (TPSA) is 46.8 Å². The molecule has 1 fully saturated rings. The minimum Gasteiger partial charge on any atom is -0.354 e. The molecule has 0 spiro atoms. The highest BCUT2D eigenvalue weighted by molar-refractivity contribution is 5.44. The molecule has 0 N–H and O–H groups in total. The Balaban J connectivity index is 1.85. The molecule has 0 saturated carbocycles. The Hall–Kier alpha value is -1.91. The molecule has 1 aliphatic heterocycles. The number of aryl methyl sites for hydroxylation is 2. The van der Waals surface area contributed by atoms with Gasteiger partial charge in [0.1, 0.15) is 11.6 Å². The lowest BCUT2D eigenvalue weighted by Gasteiger charge is -2.34. The van der Waals surface area contributed by atoms with Gasteiger partial charge >= 0.3 is 0 Å². The zero-order valence-corrected chi connectivity index (χ0v) is 14.0. The van der Waals surface area contributed by atoms with Crippen LogP contribution in [0.3, 0.4) is 0 Å². The third kappa shape index (κ3) is 2.85. The van der Waals surface area contributed by atoms with E-state index in [1.165, 1.54) is 18.7 Å². The average Bonchev–Trinajstić information content (AvgIpc) is 2.99. The Bertz CT molecular complexity index is 646. The quantitative estimate of drug-likeness (QED) is 0.873. The summed E-state index contributed by atoms with van der Waals surface area (Å²) in [4.78, 5) is 16.2. The standard InChI is InChI=1S/C17H25N5/c1-12(2)22-9-7-18-17(22)15-6-5-8-21(11-15)16-14(4)19-10-13(3)20-16/h7,9-10,12,15H,5-6,8,11H2,1-4H3/t15-/m0/s1. The number of aromatic nitrogens is 4. The lowest BCUT2D eigenvalue weighted by Crippen LogP contribution is -2.36. The van der Waals surface area contributed by atoms with Gasteiger partial charge in [0.2, 0.25) is 0 Å². The second-order valence-corrected chi connectivity index (χ2v) is 6.49. The number of hydrogen-bond acceptors (Lipinski definition) is 4. The van der Waals surface area contributed by atoms with Crippen LogP contribution in [0.15, 0.2) is 18.6 Å². The molecule has 0 aliphatic carbocycles. The predicted octanol–water partition coefficient (Wildman–Crippen LogP) is 3.25. The first-order valence-electron chi connectivity index (χ1n) is 8.14. The second kappa shape index (κ2) is 6.07. The molecule has 0 bridgehead atoms. The van der Waals surface area contributed by atoms with Crippen molar-refractivity contribution in [2.45, 2.75) is 52.5 Å². The van der Waals surface area contributed by atoms with Gasteiger partial charge in [0.25, 0.3) is 0 Å². The Kier molecular flexibility index (Phi) is 4.14. The smallest absolute Gasteiger partial charge is 0.150 e. The van der Waals surface area contributed by atoms with Gasteiger partial charge in [-0.25, -0.2) is 9.97 Å². The SMILES string of the molecule is Cc1cnc(C)c(N2CCC[C@H](c3nccn3C(C)C)C2)n1. The first-order valence-corrected chi connectivity index (χ1v) is 8.14. The lowest BCUT2D eigenvalue weighted by atomic mass is 9.96. The van der Waals surface area contributed by atoms with E-state index >= 15 is 0 Å². The highest BCUT2D eigenvalue weighted by Gasteiger charge is 2.27. The van der Waals surface area contributed by atoms with Crippen molar-refractivity contribution < 1.29 is 0 Å². The molecular formula is C17H25N5. The summed E-state index contributed by atoms with van der Waals surface area (Å²) >= 11 is 0. The van der Waals surface area contributed by atoms with Gasteiger partial charge in [0, 0.05) is 43.6 Å². The fraction of sp³-hybridized carbons (Fsp3) is 0.588. The van der Waals surface area contributed by atoms with Gasteiger partial charge in [-0.3, -0.25) is 4.98 Å². The summed E-state index contributed by atoms with van der Waals surface area (Å²) in [5, 5.41) is 0. The molecule has 1 atom stereocenters. The van der Waals surface area contributed by atoms with Gasteiger partial charge in [-0.05, 0) is 40.5 Å². The highest BCUT2D eigenvalue weighted by Crippen LogP contribution is 2.30. The zero-order chi connectivity index (χ0) is 15.7. The molecule has 22 heavy (non-hydrogen) atoms. The van der Waals surface area contributed by atoms with Gasteiger partial charge in [-0.2, -0.15) is 0 Å². The summed E-state index contributed by atoms with van der Waals surface area (Å²) in [6.07, 6.45) is 8.22. The first-order chi connectivity index (χ1) is 10.6. The molecule has 1 aliphatic rings. The Morgan fingerprint density at radius 3 is 2.82 bits per heavy atom. The molecular weight excluding hydrogens is 274 g/mol. The van der Waals surface area contributed by atoms with E-state index in [-0.39, 0.29) is 0 Å². The van der Waals surface area contributed by atoms with E-state index < -0.39 is 0 Å². The van der Waals surface area contributed by atoms with Crippen molar-refractivity contribution in [1.29, 1.82) is 0 Å². The van der Waals surface area contributed by atoms with Crippen LogP contribution >= 0.6 is 0 Å². The van der Waals surface area contributed by atoms with E-state index in [0.717, 1.165) is 30.3 Å². The van der Waals surface area contributed by atoms with Crippen LogP contribution in [0.25, 0.3) is 0 Å². The third-order valence-corrected chi connectivity index (χ3v) is 4.39. The fourth-order valence-corrected chi connectivity index (χ4v) is 3.28. The molecule has 118 valence electrons. The Labute approximate surface area is 132 Å². The molecule has 3 rings (SSSR count). The summed E-state index contributed by atoms with van der Waals surface area (Å²) < 4.78 is 2.29. The molecule has 0 radical (unpaired) electrons. The Morgan fingerprint density at radius 1 is 1.23 bits per heavy atom. The van der Waals surface area contributed by atoms with Gasteiger partial charge < -0.3 is 9.47 Å². The summed E-state index contributed by atoms with van der Waals surface area (Å²) in [7, 11) is 0. The van der Waals surface area contributed by atoms with Crippen LogP contribution in [0.5, 0.6) is 0 Å². The molecule has 5 heteroatoms. The Morgan fingerprint density at radius 2 is 2.05 bits per heavy atom. The number of imidazole rings is 1. The summed E-state index contributed by atoms with van der Waals surface area (Å²) in [5.74, 6) is 2.71. The maximum atomic E-state index is 4.71. The maximum Gasteiger partial charge on any atom is 0.150 e. The largest absolute Gasteiger partial charge is 0.354 e. The van der Waals surface area contributed by atoms with Crippen LogP contribution in [0.1, 0.15) is 55.9 Å². The minimum absolute atomic E-state index is 0.452. The number of rotatable bonds is 3. The van der Waals surface area contributed by atoms with E-state index in [9.17, 15) is 0 Å². The van der Waals surface area contributed by atoms with Crippen LogP contribution in [-0.2, 0) is 0 Å². The van der Waals surface area contributed by atoms with E-state index in [0.29, 0.717) is 12.0 Å². The molecule has 2 aromatic heterocycles. The van der Waals surface area contributed by atoms with E-state index in [1.807, 2.05) is 26.2 Å².